The minimum Gasteiger partial charge on any atom is -0.465 e. The summed E-state index contributed by atoms with van der Waals surface area (Å²) in [6.45, 7) is 5.37. The Hall–Kier alpha value is -1.50. The summed E-state index contributed by atoms with van der Waals surface area (Å²) in [5, 5.41) is 0. The number of terminal acetylenes is 1. The van der Waals surface area contributed by atoms with Crippen LogP contribution in [0.3, 0.4) is 0 Å². The van der Waals surface area contributed by atoms with Crippen LogP contribution in [0.15, 0.2) is 0 Å². The van der Waals surface area contributed by atoms with E-state index in [1.165, 1.54) is 0 Å². The predicted octanol–water partition coefficient (Wildman–Crippen LogP) is 0.998. The molecule has 0 aromatic heterocycles. The lowest BCUT2D eigenvalue weighted by Crippen LogP contribution is -2.32. The molecule has 0 fully saturated rings. The summed E-state index contributed by atoms with van der Waals surface area (Å²) in [6.07, 6.45) is 5.18. The summed E-state index contributed by atoms with van der Waals surface area (Å²) in [4.78, 5) is 22.9. The molecule has 0 heterocycles. The van der Waals surface area contributed by atoms with Crippen LogP contribution >= 0.6 is 0 Å². The lowest BCUT2D eigenvalue weighted by molar-refractivity contribution is -0.163. The Morgan fingerprint density at radius 2 is 1.60 bits per heavy atom. The molecule has 0 aromatic carbocycles. The van der Waals surface area contributed by atoms with Crippen LogP contribution in [0.5, 0.6) is 0 Å². The van der Waals surface area contributed by atoms with Gasteiger partial charge in [-0.05, 0) is 20.8 Å². The van der Waals surface area contributed by atoms with Crippen LogP contribution in [0.4, 0.5) is 0 Å². The van der Waals surface area contributed by atoms with E-state index in [4.69, 9.17) is 15.9 Å². The van der Waals surface area contributed by atoms with Gasteiger partial charge in [0.05, 0.1) is 13.2 Å². The van der Waals surface area contributed by atoms with Gasteiger partial charge in [0.1, 0.15) is 0 Å². The van der Waals surface area contributed by atoms with Gasteiger partial charge in [-0.3, -0.25) is 9.59 Å². The van der Waals surface area contributed by atoms with Gasteiger partial charge < -0.3 is 9.47 Å². The highest BCUT2D eigenvalue weighted by Crippen LogP contribution is 2.14. The highest BCUT2D eigenvalue weighted by Gasteiger charge is 2.33. The van der Waals surface area contributed by atoms with Gasteiger partial charge >= 0.3 is 11.9 Å². The molecule has 0 N–H and O–H groups in total. The van der Waals surface area contributed by atoms with Gasteiger partial charge in [-0.25, -0.2) is 0 Å². The summed E-state index contributed by atoms with van der Waals surface area (Å²) in [6, 6.07) is 0. The van der Waals surface area contributed by atoms with Crippen molar-refractivity contribution < 1.29 is 19.1 Å². The van der Waals surface area contributed by atoms with Crippen LogP contribution in [0, 0.1) is 24.2 Å². The van der Waals surface area contributed by atoms with E-state index in [1.54, 1.807) is 20.8 Å². The minimum absolute atomic E-state index is 0.214. The molecular formula is C11H16O4. The van der Waals surface area contributed by atoms with Crippen molar-refractivity contribution in [1.29, 1.82) is 0 Å². The van der Waals surface area contributed by atoms with Crippen molar-refractivity contribution in [3.05, 3.63) is 0 Å². The Morgan fingerprint density at radius 3 is 1.87 bits per heavy atom. The number of carbonyl (C=O) groups excluding carboxylic acids is 2. The summed E-state index contributed by atoms with van der Waals surface area (Å²) < 4.78 is 9.52. The molecule has 0 aliphatic carbocycles. The summed E-state index contributed by atoms with van der Waals surface area (Å²) in [7, 11) is 0. The monoisotopic (exact) mass is 212 g/mol. The third-order valence-corrected chi connectivity index (χ3v) is 1.84. The molecular weight excluding hydrogens is 196 g/mol. The average Bonchev–Trinajstić information content (AvgIpc) is 2.18. The van der Waals surface area contributed by atoms with Gasteiger partial charge in [0, 0.05) is 5.92 Å². The van der Waals surface area contributed by atoms with Gasteiger partial charge in [-0.15, -0.1) is 12.3 Å². The van der Waals surface area contributed by atoms with E-state index in [1.807, 2.05) is 0 Å². The molecule has 0 spiro atoms. The molecule has 84 valence electrons. The Bertz CT molecular complexity index is 246. The Labute approximate surface area is 89.9 Å². The molecule has 4 nitrogen and oxygen atoms in total. The van der Waals surface area contributed by atoms with E-state index >= 15 is 0 Å². The number of carbonyl (C=O) groups is 2. The Kier molecular flexibility index (Phi) is 6.19. The Balaban J connectivity index is 4.66. The lowest BCUT2D eigenvalue weighted by Gasteiger charge is -2.16. The van der Waals surface area contributed by atoms with Crippen molar-refractivity contribution >= 4 is 11.9 Å². The molecule has 0 aliphatic rings. The van der Waals surface area contributed by atoms with Crippen molar-refractivity contribution in [3.8, 4) is 12.3 Å². The summed E-state index contributed by atoms with van der Waals surface area (Å²) in [5.41, 5.74) is 0. The first-order valence-corrected chi connectivity index (χ1v) is 4.87. The van der Waals surface area contributed by atoms with Gasteiger partial charge in [-0.1, -0.05) is 0 Å². The van der Waals surface area contributed by atoms with Crippen LogP contribution < -0.4 is 0 Å². The van der Waals surface area contributed by atoms with Crippen molar-refractivity contribution in [3.63, 3.8) is 0 Å². The molecule has 0 saturated heterocycles. The van der Waals surface area contributed by atoms with E-state index in [0.717, 1.165) is 0 Å². The summed E-state index contributed by atoms with van der Waals surface area (Å²) >= 11 is 0. The second-order valence-corrected chi connectivity index (χ2v) is 2.94. The topological polar surface area (TPSA) is 52.6 Å². The number of esters is 2. The lowest BCUT2D eigenvalue weighted by atomic mass is 9.95. The fraction of sp³-hybridized carbons (Fsp3) is 0.636. The molecule has 0 rings (SSSR count). The Morgan fingerprint density at radius 1 is 1.20 bits per heavy atom. The summed E-state index contributed by atoms with van der Waals surface area (Å²) in [5.74, 6) is -0.449. The molecule has 4 heteroatoms. The predicted molar refractivity (Wildman–Crippen MR) is 54.8 cm³/mol. The molecule has 15 heavy (non-hydrogen) atoms. The number of rotatable bonds is 5. The maximum Gasteiger partial charge on any atom is 0.321 e. The zero-order valence-electron chi connectivity index (χ0n) is 9.28. The second kappa shape index (κ2) is 6.88. The first-order valence-electron chi connectivity index (χ1n) is 4.87. The SMILES string of the molecule is C#C[C@H](C)C(C(=O)OCC)C(=O)OCC. The third kappa shape index (κ3) is 4.03. The quantitative estimate of drug-likeness (QED) is 0.387. The zero-order valence-corrected chi connectivity index (χ0v) is 9.28. The molecule has 0 radical (unpaired) electrons. The molecule has 0 unspecified atom stereocenters. The molecule has 0 aliphatic heterocycles. The standard InChI is InChI=1S/C11H16O4/c1-5-8(4)9(10(12)14-6-2)11(13)15-7-3/h1,8-9H,6-7H2,2-4H3/t8-/m0/s1. The smallest absolute Gasteiger partial charge is 0.321 e. The zero-order chi connectivity index (χ0) is 11.8. The molecule has 1 atom stereocenters. The van der Waals surface area contributed by atoms with Crippen LogP contribution in [0.1, 0.15) is 20.8 Å². The highest BCUT2D eigenvalue weighted by molar-refractivity contribution is 5.95. The maximum atomic E-state index is 11.4. The van der Waals surface area contributed by atoms with Crippen LogP contribution in [0.2, 0.25) is 0 Å². The van der Waals surface area contributed by atoms with Gasteiger partial charge in [0.15, 0.2) is 5.92 Å². The number of hydrogen-bond acceptors (Lipinski definition) is 4. The highest BCUT2D eigenvalue weighted by atomic mass is 16.6. The van der Waals surface area contributed by atoms with Crippen molar-refractivity contribution in [1.82, 2.24) is 0 Å². The van der Waals surface area contributed by atoms with E-state index in [2.05, 4.69) is 5.92 Å². The molecule has 0 amide bonds. The van der Waals surface area contributed by atoms with E-state index in [-0.39, 0.29) is 13.2 Å². The van der Waals surface area contributed by atoms with Crippen LogP contribution in [0.25, 0.3) is 0 Å². The van der Waals surface area contributed by atoms with Gasteiger partial charge in [0.25, 0.3) is 0 Å². The largest absolute Gasteiger partial charge is 0.465 e. The molecule has 0 aromatic rings. The van der Waals surface area contributed by atoms with Crippen LogP contribution in [-0.2, 0) is 19.1 Å². The molecule has 0 saturated carbocycles. The van der Waals surface area contributed by atoms with Gasteiger partial charge in [-0.2, -0.15) is 0 Å². The van der Waals surface area contributed by atoms with Crippen molar-refractivity contribution in [2.45, 2.75) is 20.8 Å². The molecule has 0 bridgehead atoms. The number of hydrogen-bond donors (Lipinski definition) is 0. The fourth-order valence-electron chi connectivity index (χ4n) is 1.06. The minimum atomic E-state index is -1.02. The fourth-order valence-corrected chi connectivity index (χ4v) is 1.06. The van der Waals surface area contributed by atoms with Crippen molar-refractivity contribution in [2.24, 2.45) is 11.8 Å². The van der Waals surface area contributed by atoms with E-state index < -0.39 is 23.8 Å². The van der Waals surface area contributed by atoms with Gasteiger partial charge in [0.2, 0.25) is 0 Å². The first kappa shape index (κ1) is 13.5. The first-order chi connectivity index (χ1) is 7.08. The average molecular weight is 212 g/mol. The van der Waals surface area contributed by atoms with Crippen molar-refractivity contribution in [2.75, 3.05) is 13.2 Å². The maximum absolute atomic E-state index is 11.4. The second-order valence-electron chi connectivity index (χ2n) is 2.94. The van der Waals surface area contributed by atoms with E-state index in [9.17, 15) is 9.59 Å². The number of ether oxygens (including phenoxy) is 2. The third-order valence-electron chi connectivity index (χ3n) is 1.84. The van der Waals surface area contributed by atoms with Crippen LogP contribution in [-0.4, -0.2) is 25.2 Å². The normalized spacial score (nSPS) is 11.7. The van der Waals surface area contributed by atoms with E-state index in [0.29, 0.717) is 0 Å².